The minimum atomic E-state index is -2.89. The number of ether oxygens (including phenoxy) is 1. The minimum Gasteiger partial charge on any atom is -0.494 e. The quantitative estimate of drug-likeness (QED) is 0.329. The van der Waals surface area contributed by atoms with Crippen LogP contribution in [0.1, 0.15) is 32.3 Å². The van der Waals surface area contributed by atoms with E-state index in [1.54, 1.807) is 0 Å². The van der Waals surface area contributed by atoms with Gasteiger partial charge in [-0.15, -0.1) is 24.0 Å². The van der Waals surface area contributed by atoms with Crippen LogP contribution in [0.5, 0.6) is 5.75 Å². The number of aliphatic imine (C=N–C) groups is 1. The van der Waals surface area contributed by atoms with Crippen molar-refractivity contribution >= 4 is 39.8 Å². The summed E-state index contributed by atoms with van der Waals surface area (Å²) in [5, 5.41) is 6.41. The molecule has 0 bridgehead atoms. The van der Waals surface area contributed by atoms with Crippen LogP contribution in [0.4, 0.5) is 0 Å². The smallest absolute Gasteiger partial charge is 0.191 e. The largest absolute Gasteiger partial charge is 0.494 e. The summed E-state index contributed by atoms with van der Waals surface area (Å²) in [6.45, 7) is 6.18. The first-order valence-corrected chi connectivity index (χ1v) is 10.8. The van der Waals surface area contributed by atoms with Crippen LogP contribution in [-0.4, -0.2) is 51.6 Å². The van der Waals surface area contributed by atoms with E-state index in [2.05, 4.69) is 34.7 Å². The van der Waals surface area contributed by atoms with Crippen molar-refractivity contribution in [1.29, 1.82) is 0 Å². The zero-order valence-corrected chi connectivity index (χ0v) is 18.7. The molecule has 1 aromatic rings. The number of hydrogen-bond acceptors (Lipinski definition) is 4. The van der Waals surface area contributed by atoms with Crippen molar-refractivity contribution in [2.75, 3.05) is 31.2 Å². The van der Waals surface area contributed by atoms with Crippen LogP contribution in [-0.2, 0) is 16.3 Å². The molecule has 1 aliphatic heterocycles. The third-order valence-electron chi connectivity index (χ3n) is 3.96. The lowest BCUT2D eigenvalue weighted by Crippen LogP contribution is -2.44. The number of benzene rings is 1. The average Bonchev–Trinajstić information content (AvgIpc) is 2.92. The summed E-state index contributed by atoms with van der Waals surface area (Å²) in [7, 11) is -2.89. The highest BCUT2D eigenvalue weighted by molar-refractivity contribution is 14.0. The second-order valence-electron chi connectivity index (χ2n) is 6.25. The van der Waals surface area contributed by atoms with Crippen molar-refractivity contribution in [3.05, 3.63) is 29.8 Å². The first-order valence-electron chi connectivity index (χ1n) is 8.99. The molecule has 8 heteroatoms. The third-order valence-corrected chi connectivity index (χ3v) is 5.73. The van der Waals surface area contributed by atoms with Crippen molar-refractivity contribution < 1.29 is 13.2 Å². The van der Waals surface area contributed by atoms with Crippen molar-refractivity contribution in [2.24, 2.45) is 4.99 Å². The fourth-order valence-electron chi connectivity index (χ4n) is 2.73. The fourth-order valence-corrected chi connectivity index (χ4v) is 4.40. The summed E-state index contributed by atoms with van der Waals surface area (Å²) in [5.41, 5.74) is 1.18. The molecule has 1 aromatic carbocycles. The van der Waals surface area contributed by atoms with Gasteiger partial charge < -0.3 is 15.4 Å². The van der Waals surface area contributed by atoms with E-state index in [0.29, 0.717) is 18.9 Å². The van der Waals surface area contributed by atoms with Gasteiger partial charge in [-0.2, -0.15) is 0 Å². The van der Waals surface area contributed by atoms with E-state index in [0.717, 1.165) is 31.7 Å². The van der Waals surface area contributed by atoms with Gasteiger partial charge in [-0.1, -0.05) is 19.1 Å². The molecule has 1 unspecified atom stereocenters. The Morgan fingerprint density at radius 3 is 2.81 bits per heavy atom. The molecule has 1 atom stereocenters. The van der Waals surface area contributed by atoms with Gasteiger partial charge in [-0.05, 0) is 43.9 Å². The van der Waals surface area contributed by atoms with Gasteiger partial charge >= 0.3 is 0 Å². The van der Waals surface area contributed by atoms with Crippen LogP contribution in [0.2, 0.25) is 0 Å². The van der Waals surface area contributed by atoms with Crippen molar-refractivity contribution in [1.82, 2.24) is 10.6 Å². The van der Waals surface area contributed by atoms with E-state index in [4.69, 9.17) is 4.74 Å². The van der Waals surface area contributed by atoms with Crippen LogP contribution in [0.15, 0.2) is 29.3 Å². The van der Waals surface area contributed by atoms with E-state index in [1.165, 1.54) is 5.56 Å². The zero-order valence-electron chi connectivity index (χ0n) is 15.5. The second kappa shape index (κ2) is 11.6. The van der Waals surface area contributed by atoms with Crippen molar-refractivity contribution in [3.63, 3.8) is 0 Å². The predicted octanol–water partition coefficient (Wildman–Crippen LogP) is 2.38. The number of nitrogens with zero attached hydrogens (tertiary/aromatic N) is 1. The molecule has 0 amide bonds. The Morgan fingerprint density at radius 1 is 1.35 bits per heavy atom. The van der Waals surface area contributed by atoms with E-state index < -0.39 is 9.84 Å². The molecule has 148 valence electrons. The van der Waals surface area contributed by atoms with Crippen LogP contribution < -0.4 is 15.4 Å². The summed E-state index contributed by atoms with van der Waals surface area (Å²) >= 11 is 0. The van der Waals surface area contributed by atoms with Gasteiger partial charge in [0.2, 0.25) is 0 Å². The normalized spacial score (nSPS) is 18.8. The lowest BCUT2D eigenvalue weighted by molar-refractivity contribution is 0.317. The number of rotatable bonds is 8. The molecule has 1 heterocycles. The lowest BCUT2D eigenvalue weighted by Gasteiger charge is -2.15. The Labute approximate surface area is 174 Å². The van der Waals surface area contributed by atoms with E-state index >= 15 is 0 Å². The summed E-state index contributed by atoms with van der Waals surface area (Å²) in [6, 6.07) is 8.03. The van der Waals surface area contributed by atoms with Crippen LogP contribution in [0.3, 0.4) is 0 Å². The number of nitrogens with one attached hydrogen (secondary N) is 2. The van der Waals surface area contributed by atoms with Gasteiger partial charge in [-0.3, -0.25) is 4.99 Å². The van der Waals surface area contributed by atoms with Crippen LogP contribution >= 0.6 is 24.0 Å². The molecule has 0 spiro atoms. The molecule has 1 saturated heterocycles. The maximum atomic E-state index is 11.6. The molecule has 1 aliphatic rings. The fraction of sp³-hybridized carbons (Fsp3) is 0.611. The average molecular weight is 495 g/mol. The molecule has 6 nitrogen and oxygen atoms in total. The molecule has 0 aliphatic carbocycles. The summed E-state index contributed by atoms with van der Waals surface area (Å²) < 4.78 is 28.8. The molecule has 2 rings (SSSR count). The van der Waals surface area contributed by atoms with Crippen molar-refractivity contribution in [3.8, 4) is 5.75 Å². The highest BCUT2D eigenvalue weighted by atomic mass is 127. The Morgan fingerprint density at radius 2 is 2.15 bits per heavy atom. The number of hydrogen-bond donors (Lipinski definition) is 2. The summed E-state index contributed by atoms with van der Waals surface area (Å²) in [4.78, 5) is 4.57. The molecule has 2 N–H and O–H groups in total. The second-order valence-corrected chi connectivity index (χ2v) is 8.48. The SMILES string of the molecule is CCCOc1cccc(CCN=C(NCC)NC2CCS(=O)(=O)C2)c1.I. The summed E-state index contributed by atoms with van der Waals surface area (Å²) in [6.07, 6.45) is 2.44. The first-order chi connectivity index (χ1) is 12.0. The van der Waals surface area contributed by atoms with Crippen LogP contribution in [0.25, 0.3) is 0 Å². The van der Waals surface area contributed by atoms with Gasteiger partial charge in [0.1, 0.15) is 5.75 Å². The van der Waals surface area contributed by atoms with Crippen molar-refractivity contribution in [2.45, 2.75) is 39.2 Å². The first kappa shape index (κ1) is 23.0. The van der Waals surface area contributed by atoms with Gasteiger partial charge in [0.15, 0.2) is 15.8 Å². The molecular formula is C18H30IN3O3S. The monoisotopic (exact) mass is 495 g/mol. The van der Waals surface area contributed by atoms with E-state index in [1.807, 2.05) is 19.1 Å². The molecule has 0 saturated carbocycles. The lowest BCUT2D eigenvalue weighted by atomic mass is 10.1. The Bertz CT molecular complexity index is 680. The molecule has 0 radical (unpaired) electrons. The highest BCUT2D eigenvalue weighted by Crippen LogP contribution is 2.14. The number of sulfone groups is 1. The Hall–Kier alpha value is -1.03. The third kappa shape index (κ3) is 8.11. The molecule has 0 aromatic heterocycles. The standard InChI is InChI=1S/C18H29N3O3S.HI/c1-3-11-24-17-7-5-6-15(13-17)8-10-20-18(19-4-2)21-16-9-12-25(22,23)14-16;/h5-7,13,16H,3-4,8-12,14H2,1-2H3,(H2,19,20,21);1H. The van der Waals surface area contributed by atoms with Gasteiger partial charge in [0.05, 0.1) is 18.1 Å². The van der Waals surface area contributed by atoms with Gasteiger partial charge in [0, 0.05) is 19.1 Å². The maximum absolute atomic E-state index is 11.6. The molecule has 26 heavy (non-hydrogen) atoms. The van der Waals surface area contributed by atoms with Crippen LogP contribution in [0, 0.1) is 0 Å². The number of guanidine groups is 1. The number of halogens is 1. The molecule has 1 fully saturated rings. The Kier molecular flexibility index (Phi) is 10.3. The Balaban J connectivity index is 0.00000338. The maximum Gasteiger partial charge on any atom is 0.191 e. The van der Waals surface area contributed by atoms with Gasteiger partial charge in [-0.25, -0.2) is 8.42 Å². The van der Waals surface area contributed by atoms with E-state index in [9.17, 15) is 8.42 Å². The minimum absolute atomic E-state index is 0. The topological polar surface area (TPSA) is 79.8 Å². The summed E-state index contributed by atoms with van der Waals surface area (Å²) in [5.74, 6) is 2.02. The van der Waals surface area contributed by atoms with Gasteiger partial charge in [0.25, 0.3) is 0 Å². The predicted molar refractivity (Wildman–Crippen MR) is 118 cm³/mol. The van der Waals surface area contributed by atoms with E-state index in [-0.39, 0.29) is 41.5 Å². The molecular weight excluding hydrogens is 465 g/mol. The zero-order chi connectivity index (χ0) is 18.1. The highest BCUT2D eigenvalue weighted by Gasteiger charge is 2.28.